The second-order valence-corrected chi connectivity index (χ2v) is 6.70. The number of aliphatic imine (C=N–C) groups is 1. The molecule has 2 rings (SSSR count). The Morgan fingerprint density at radius 2 is 2.00 bits per heavy atom. The largest absolute Gasteiger partial charge is 0.409 e. The van der Waals surface area contributed by atoms with Crippen LogP contribution in [-0.2, 0) is 7.05 Å². The maximum atomic E-state index is 12.3. The van der Waals surface area contributed by atoms with Crippen molar-refractivity contribution >= 4 is 11.9 Å². The van der Waals surface area contributed by atoms with Crippen molar-refractivity contribution in [2.24, 2.45) is 12.0 Å². The van der Waals surface area contributed by atoms with Gasteiger partial charge in [0.25, 0.3) is 0 Å². The van der Waals surface area contributed by atoms with Gasteiger partial charge in [-0.2, -0.15) is 18.3 Å². The minimum absolute atomic E-state index is 0.176. The van der Waals surface area contributed by atoms with Gasteiger partial charge in [-0.05, 0) is 30.8 Å². The van der Waals surface area contributed by atoms with E-state index in [2.05, 4.69) is 33.9 Å². The highest BCUT2D eigenvalue weighted by atomic mass is 19.4. The SMILES string of the molecule is C1CC1.C=C/C(NC(=NC)C(=C)CN/C=C/c1cnn(C)c1)=C(C)\C=C\C(F)(F)F. The number of amidine groups is 1. The summed E-state index contributed by atoms with van der Waals surface area (Å²) in [6.07, 6.45) is 9.94. The van der Waals surface area contributed by atoms with Crippen LogP contribution in [0.15, 0.2) is 71.8 Å². The summed E-state index contributed by atoms with van der Waals surface area (Å²) >= 11 is 0. The van der Waals surface area contributed by atoms with E-state index in [-0.39, 0.29) is 6.08 Å². The van der Waals surface area contributed by atoms with Crippen molar-refractivity contribution in [2.75, 3.05) is 13.6 Å². The number of rotatable bonds is 8. The summed E-state index contributed by atoms with van der Waals surface area (Å²) in [5.74, 6) is 0.451. The molecule has 0 aromatic carbocycles. The van der Waals surface area contributed by atoms with Crippen LogP contribution in [0.4, 0.5) is 13.2 Å². The van der Waals surface area contributed by atoms with Crippen molar-refractivity contribution < 1.29 is 13.2 Å². The first-order valence-electron chi connectivity index (χ1n) is 9.56. The molecule has 0 radical (unpaired) electrons. The molecular formula is C22H30F3N5. The van der Waals surface area contributed by atoms with Crippen LogP contribution in [0, 0.1) is 0 Å². The van der Waals surface area contributed by atoms with E-state index in [1.165, 1.54) is 25.3 Å². The molecule has 0 spiro atoms. The van der Waals surface area contributed by atoms with Crippen molar-refractivity contribution in [3.8, 4) is 0 Å². The number of nitrogens with one attached hydrogen (secondary N) is 2. The third-order valence-electron chi connectivity index (χ3n) is 3.75. The monoisotopic (exact) mass is 421 g/mol. The molecular weight excluding hydrogens is 391 g/mol. The van der Waals surface area contributed by atoms with Gasteiger partial charge in [0.1, 0.15) is 5.84 Å². The van der Waals surface area contributed by atoms with E-state index in [0.717, 1.165) is 11.6 Å². The Bertz CT molecular complexity index is 821. The average molecular weight is 422 g/mol. The van der Waals surface area contributed by atoms with Gasteiger partial charge in [-0.3, -0.25) is 9.67 Å². The van der Waals surface area contributed by atoms with Crippen molar-refractivity contribution in [1.29, 1.82) is 0 Å². The molecule has 1 fully saturated rings. The van der Waals surface area contributed by atoms with Gasteiger partial charge >= 0.3 is 6.18 Å². The molecule has 0 bridgehead atoms. The molecule has 1 aliphatic carbocycles. The fourth-order valence-corrected chi connectivity index (χ4v) is 2.00. The van der Waals surface area contributed by atoms with Crippen LogP contribution in [0.1, 0.15) is 31.7 Å². The first-order valence-corrected chi connectivity index (χ1v) is 9.56. The van der Waals surface area contributed by atoms with E-state index in [1.54, 1.807) is 31.1 Å². The second kappa shape index (κ2) is 12.5. The molecule has 1 heterocycles. The summed E-state index contributed by atoms with van der Waals surface area (Å²) in [5.41, 5.74) is 2.38. The number of allylic oxidation sites excluding steroid dienone is 4. The number of aryl methyl sites for hydroxylation is 1. The summed E-state index contributed by atoms with van der Waals surface area (Å²) in [4.78, 5) is 4.11. The van der Waals surface area contributed by atoms with Gasteiger partial charge in [-0.15, -0.1) is 0 Å². The maximum Gasteiger partial charge on any atom is 0.409 e. The van der Waals surface area contributed by atoms with Gasteiger partial charge in [-0.25, -0.2) is 0 Å². The molecule has 0 amide bonds. The van der Waals surface area contributed by atoms with Crippen LogP contribution in [0.2, 0.25) is 0 Å². The number of hydrogen-bond acceptors (Lipinski definition) is 3. The minimum Gasteiger partial charge on any atom is -0.387 e. The second-order valence-electron chi connectivity index (χ2n) is 6.70. The Labute approximate surface area is 176 Å². The molecule has 1 aliphatic rings. The fraction of sp³-hybridized carbons (Fsp3) is 0.364. The predicted octanol–water partition coefficient (Wildman–Crippen LogP) is 4.90. The lowest BCUT2D eigenvalue weighted by atomic mass is 10.2. The smallest absolute Gasteiger partial charge is 0.387 e. The number of alkyl halides is 3. The summed E-state index contributed by atoms with van der Waals surface area (Å²) in [5, 5.41) is 10.1. The van der Waals surface area contributed by atoms with E-state index in [9.17, 15) is 13.2 Å². The van der Waals surface area contributed by atoms with Crippen LogP contribution in [0.5, 0.6) is 0 Å². The molecule has 1 aromatic heterocycles. The lowest BCUT2D eigenvalue weighted by molar-refractivity contribution is -0.0798. The van der Waals surface area contributed by atoms with Crippen LogP contribution >= 0.6 is 0 Å². The van der Waals surface area contributed by atoms with Gasteiger partial charge in [0.15, 0.2) is 0 Å². The Hall–Kier alpha value is -3.03. The maximum absolute atomic E-state index is 12.3. The van der Waals surface area contributed by atoms with Gasteiger partial charge in [-0.1, -0.05) is 38.5 Å². The molecule has 30 heavy (non-hydrogen) atoms. The Kier molecular flexibility index (Phi) is 10.4. The van der Waals surface area contributed by atoms with E-state index in [0.29, 0.717) is 29.2 Å². The summed E-state index contributed by atoms with van der Waals surface area (Å²) in [6.45, 7) is 9.53. The van der Waals surface area contributed by atoms with Gasteiger partial charge in [0, 0.05) is 49.7 Å². The highest BCUT2D eigenvalue weighted by Gasteiger charge is 2.21. The standard InChI is InChI=1S/C19H24F3N5.C3H6/c1-6-17(14(2)7-9-19(20,21)22)26-18(23-4)15(3)11-24-10-8-16-12-25-27(5)13-16;1-2-3-1/h6-10,12-13,24H,1,3,11H2,2,4-5H3,(H,23,26);1-3H2/b9-7+,10-8+,17-14+;. The summed E-state index contributed by atoms with van der Waals surface area (Å²) in [7, 11) is 3.40. The first kappa shape index (κ1) is 25.0. The number of nitrogens with zero attached hydrogens (tertiary/aromatic N) is 3. The molecule has 0 aliphatic heterocycles. The molecule has 0 unspecified atom stereocenters. The minimum atomic E-state index is -4.37. The first-order chi connectivity index (χ1) is 14.2. The van der Waals surface area contributed by atoms with Crippen molar-refractivity contribution in [3.05, 3.63) is 72.4 Å². The Morgan fingerprint density at radius 1 is 1.33 bits per heavy atom. The molecule has 0 atom stereocenters. The molecule has 2 N–H and O–H groups in total. The molecule has 1 aromatic rings. The molecule has 0 saturated heterocycles. The highest BCUT2D eigenvalue weighted by molar-refractivity contribution is 5.99. The zero-order valence-corrected chi connectivity index (χ0v) is 17.8. The zero-order valence-electron chi connectivity index (χ0n) is 17.8. The predicted molar refractivity (Wildman–Crippen MR) is 118 cm³/mol. The van der Waals surface area contributed by atoms with Gasteiger partial charge < -0.3 is 10.6 Å². The third kappa shape index (κ3) is 11.1. The zero-order chi connectivity index (χ0) is 22.6. The number of aromatic nitrogens is 2. The quantitative estimate of drug-likeness (QED) is 0.357. The fourth-order valence-electron chi connectivity index (χ4n) is 2.00. The van der Waals surface area contributed by atoms with E-state index >= 15 is 0 Å². The lowest BCUT2D eigenvalue weighted by Gasteiger charge is -2.14. The van der Waals surface area contributed by atoms with E-state index in [4.69, 9.17) is 0 Å². The third-order valence-corrected chi connectivity index (χ3v) is 3.75. The lowest BCUT2D eigenvalue weighted by Crippen LogP contribution is -2.28. The highest BCUT2D eigenvalue weighted by Crippen LogP contribution is 2.18. The van der Waals surface area contributed by atoms with Crippen LogP contribution < -0.4 is 10.6 Å². The van der Waals surface area contributed by atoms with Crippen molar-refractivity contribution in [2.45, 2.75) is 32.4 Å². The topological polar surface area (TPSA) is 54.2 Å². The number of hydrogen-bond donors (Lipinski definition) is 2. The van der Waals surface area contributed by atoms with Crippen LogP contribution in [0.3, 0.4) is 0 Å². The van der Waals surface area contributed by atoms with Crippen molar-refractivity contribution in [1.82, 2.24) is 20.4 Å². The average Bonchev–Trinajstić information content (AvgIpc) is 3.52. The molecule has 1 saturated carbocycles. The van der Waals surface area contributed by atoms with Gasteiger partial charge in [0.05, 0.1) is 6.20 Å². The molecule has 5 nitrogen and oxygen atoms in total. The van der Waals surface area contributed by atoms with Crippen molar-refractivity contribution in [3.63, 3.8) is 0 Å². The van der Waals surface area contributed by atoms with Crippen LogP contribution in [-0.4, -0.2) is 35.4 Å². The number of halogens is 3. The molecule has 8 heteroatoms. The molecule has 164 valence electrons. The van der Waals surface area contributed by atoms with Crippen LogP contribution in [0.25, 0.3) is 6.08 Å². The Balaban J connectivity index is 0.00000137. The van der Waals surface area contributed by atoms with E-state index in [1.807, 2.05) is 19.3 Å². The van der Waals surface area contributed by atoms with Gasteiger partial charge in [0.2, 0.25) is 0 Å². The normalized spacial score (nSPS) is 14.8. The summed E-state index contributed by atoms with van der Waals surface area (Å²) < 4.78 is 38.7. The Morgan fingerprint density at radius 3 is 2.47 bits per heavy atom. The van der Waals surface area contributed by atoms with E-state index < -0.39 is 6.18 Å². The summed E-state index contributed by atoms with van der Waals surface area (Å²) in [6, 6.07) is 0.